The lowest BCUT2D eigenvalue weighted by molar-refractivity contribution is -0.406. The standard InChI is InChI=1S/C33H36N4O4/c1-23-15-16-28-26(19-23)31(24-11-5-3-6-12-24)34-33(38)36(28)17-9-4-10-18-41-30-22-35-20-25-13-7-8-14-27(25)37(39)21-29(35)32(30)40-2/h3,5-6,11-12,14-16,19,21-22,25H,4,7-10,13,17-18,20H2,1-2H3/t25-/m0/s1. The summed E-state index contributed by atoms with van der Waals surface area (Å²) in [4.78, 5) is 17.6. The number of benzene rings is 2. The van der Waals surface area contributed by atoms with Gasteiger partial charge in [-0.05, 0) is 63.7 Å². The Morgan fingerprint density at radius 2 is 1.98 bits per heavy atom. The first-order valence-corrected chi connectivity index (χ1v) is 14.5. The highest BCUT2D eigenvalue weighted by Gasteiger charge is 2.31. The molecule has 0 spiro atoms. The van der Waals surface area contributed by atoms with Crippen LogP contribution in [0.5, 0.6) is 11.5 Å². The average molecular weight is 553 g/mol. The Hall–Kier alpha value is -4.33. The number of ether oxygens (including phenoxy) is 2. The number of fused-ring (bicyclic) bond motifs is 3. The smallest absolute Gasteiger partial charge is 0.348 e. The molecule has 8 nitrogen and oxygen atoms in total. The Kier molecular flexibility index (Phi) is 7.63. The van der Waals surface area contributed by atoms with Crippen molar-refractivity contribution >= 4 is 17.1 Å². The maximum absolute atomic E-state index is 13.1. The third kappa shape index (κ3) is 5.38. The van der Waals surface area contributed by atoms with E-state index in [0.29, 0.717) is 24.7 Å². The molecule has 2 aromatic carbocycles. The van der Waals surface area contributed by atoms with Crippen LogP contribution in [0.4, 0.5) is 0 Å². The van der Waals surface area contributed by atoms with Crippen molar-refractivity contribution in [3.63, 3.8) is 0 Å². The minimum Gasteiger partial charge on any atom is -0.618 e. The van der Waals surface area contributed by atoms with Gasteiger partial charge in [0, 0.05) is 24.0 Å². The van der Waals surface area contributed by atoms with E-state index in [4.69, 9.17) is 9.47 Å². The maximum Gasteiger partial charge on any atom is 0.348 e. The number of hydrogen-bond acceptors (Lipinski definition) is 5. The van der Waals surface area contributed by atoms with Crippen molar-refractivity contribution in [1.82, 2.24) is 14.1 Å². The first-order valence-electron chi connectivity index (χ1n) is 14.5. The second-order valence-corrected chi connectivity index (χ2v) is 11.0. The van der Waals surface area contributed by atoms with Crippen molar-refractivity contribution < 1.29 is 14.2 Å². The van der Waals surface area contributed by atoms with E-state index in [1.165, 1.54) is 0 Å². The van der Waals surface area contributed by atoms with E-state index >= 15 is 0 Å². The van der Waals surface area contributed by atoms with Gasteiger partial charge < -0.3 is 19.2 Å². The van der Waals surface area contributed by atoms with Gasteiger partial charge in [0.25, 0.3) is 0 Å². The quantitative estimate of drug-likeness (QED) is 0.143. The zero-order valence-electron chi connectivity index (χ0n) is 23.7. The van der Waals surface area contributed by atoms with Crippen molar-refractivity contribution in [2.75, 3.05) is 13.7 Å². The minimum atomic E-state index is -0.226. The fourth-order valence-corrected chi connectivity index (χ4v) is 6.08. The molecule has 6 rings (SSSR count). The molecule has 0 unspecified atom stereocenters. The minimum absolute atomic E-state index is 0.211. The second-order valence-electron chi connectivity index (χ2n) is 11.0. The third-order valence-electron chi connectivity index (χ3n) is 8.15. The van der Waals surface area contributed by atoms with Crippen molar-refractivity contribution in [3.05, 3.63) is 93.4 Å². The van der Waals surface area contributed by atoms with Crippen LogP contribution in [0.2, 0.25) is 0 Å². The lowest BCUT2D eigenvalue weighted by Crippen LogP contribution is -2.24. The number of hydrogen-bond donors (Lipinski definition) is 0. The SMILES string of the molecule is COc1c(OCCCCCn2c(=O)nc(-c3ccccc3)c3cc(C)ccc32)cn2c1C=[N+]([O-])C1=CCCC[C@H]1C2. The van der Waals surface area contributed by atoms with Crippen LogP contribution in [-0.4, -0.2) is 38.8 Å². The van der Waals surface area contributed by atoms with E-state index in [1.54, 1.807) is 17.9 Å². The highest BCUT2D eigenvalue weighted by molar-refractivity contribution is 5.92. The maximum atomic E-state index is 13.1. The molecule has 0 amide bonds. The Balaban J connectivity index is 1.11. The number of aromatic nitrogens is 3. The number of unbranched alkanes of at least 4 members (excludes halogenated alkanes) is 2. The predicted molar refractivity (Wildman–Crippen MR) is 161 cm³/mol. The van der Waals surface area contributed by atoms with Gasteiger partial charge in [-0.2, -0.15) is 9.72 Å². The Morgan fingerprint density at radius 3 is 2.80 bits per heavy atom. The van der Waals surface area contributed by atoms with Crippen molar-refractivity contribution in [3.8, 4) is 22.8 Å². The Morgan fingerprint density at radius 1 is 1.12 bits per heavy atom. The molecule has 0 saturated carbocycles. The molecular weight excluding hydrogens is 516 g/mol. The molecule has 2 aliphatic rings. The van der Waals surface area contributed by atoms with E-state index in [-0.39, 0.29) is 11.6 Å². The lowest BCUT2D eigenvalue weighted by Gasteiger charge is -2.20. The van der Waals surface area contributed by atoms with Gasteiger partial charge >= 0.3 is 5.69 Å². The molecule has 3 heterocycles. The van der Waals surface area contributed by atoms with Gasteiger partial charge in [-0.15, -0.1) is 0 Å². The summed E-state index contributed by atoms with van der Waals surface area (Å²) in [7, 11) is 1.61. The first-order chi connectivity index (χ1) is 20.0. The molecule has 212 valence electrons. The van der Waals surface area contributed by atoms with Gasteiger partial charge in [0.2, 0.25) is 6.21 Å². The number of allylic oxidation sites excluding steroid dienone is 2. The first kappa shape index (κ1) is 26.9. The Labute approximate surface area is 239 Å². The molecule has 1 atom stereocenters. The van der Waals surface area contributed by atoms with Gasteiger partial charge in [0.05, 0.1) is 37.0 Å². The second kappa shape index (κ2) is 11.6. The van der Waals surface area contributed by atoms with Crippen LogP contribution in [0.15, 0.2) is 71.3 Å². The molecule has 0 saturated heterocycles. The van der Waals surface area contributed by atoms with Crippen LogP contribution in [0.3, 0.4) is 0 Å². The summed E-state index contributed by atoms with van der Waals surface area (Å²) < 4.78 is 16.7. The van der Waals surface area contributed by atoms with Gasteiger partial charge in [-0.1, -0.05) is 42.0 Å². The largest absolute Gasteiger partial charge is 0.618 e. The highest BCUT2D eigenvalue weighted by Crippen LogP contribution is 2.37. The topological polar surface area (TPSA) is 84.3 Å². The number of rotatable bonds is 9. The van der Waals surface area contributed by atoms with Gasteiger partial charge in [0.15, 0.2) is 22.9 Å². The van der Waals surface area contributed by atoms with E-state index in [1.807, 2.05) is 48.7 Å². The van der Waals surface area contributed by atoms with Crippen LogP contribution in [0.1, 0.15) is 49.8 Å². The average Bonchev–Trinajstić information content (AvgIpc) is 3.23. The summed E-state index contributed by atoms with van der Waals surface area (Å²) in [6.07, 6.45) is 11.3. The summed E-state index contributed by atoms with van der Waals surface area (Å²) in [5.41, 5.74) is 5.10. The van der Waals surface area contributed by atoms with E-state index in [2.05, 4.69) is 28.6 Å². The zero-order chi connectivity index (χ0) is 28.3. The molecule has 1 aliphatic heterocycles. The van der Waals surface area contributed by atoms with Crippen LogP contribution < -0.4 is 15.2 Å². The van der Waals surface area contributed by atoms with Gasteiger partial charge in [-0.25, -0.2) is 4.79 Å². The molecule has 2 aromatic heterocycles. The molecule has 4 aromatic rings. The number of hydroxylamine groups is 1. The van der Waals surface area contributed by atoms with Crippen molar-refractivity contribution in [2.45, 2.75) is 58.5 Å². The van der Waals surface area contributed by atoms with Crippen LogP contribution in [0.25, 0.3) is 22.2 Å². The van der Waals surface area contributed by atoms with E-state index in [9.17, 15) is 10.0 Å². The summed E-state index contributed by atoms with van der Waals surface area (Å²) in [6, 6.07) is 16.1. The molecule has 41 heavy (non-hydrogen) atoms. The molecule has 0 bridgehead atoms. The molecule has 0 N–H and O–H groups in total. The summed E-state index contributed by atoms with van der Waals surface area (Å²) in [6.45, 7) is 3.92. The number of methoxy groups -OCH3 is 1. The summed E-state index contributed by atoms with van der Waals surface area (Å²) >= 11 is 0. The van der Waals surface area contributed by atoms with E-state index in [0.717, 1.165) is 88.9 Å². The van der Waals surface area contributed by atoms with Crippen LogP contribution in [0, 0.1) is 18.0 Å². The summed E-state index contributed by atoms with van der Waals surface area (Å²) in [5, 5.41) is 13.8. The van der Waals surface area contributed by atoms with Gasteiger partial charge in [-0.3, -0.25) is 4.57 Å². The number of aryl methyl sites for hydroxylation is 2. The highest BCUT2D eigenvalue weighted by atomic mass is 16.5. The number of nitrogens with zero attached hydrogens (tertiary/aromatic N) is 4. The van der Waals surface area contributed by atoms with E-state index < -0.39 is 0 Å². The van der Waals surface area contributed by atoms with Crippen molar-refractivity contribution in [1.29, 1.82) is 0 Å². The monoisotopic (exact) mass is 552 g/mol. The fraction of sp³-hybridized carbons (Fsp3) is 0.364. The molecule has 0 fully saturated rings. The van der Waals surface area contributed by atoms with Gasteiger partial charge in [0.1, 0.15) is 0 Å². The lowest BCUT2D eigenvalue weighted by atomic mass is 9.92. The predicted octanol–water partition coefficient (Wildman–Crippen LogP) is 6.06. The summed E-state index contributed by atoms with van der Waals surface area (Å²) in [5.74, 6) is 1.47. The Bertz CT molecular complexity index is 1680. The zero-order valence-corrected chi connectivity index (χ0v) is 23.7. The molecular formula is C33H36N4O4. The molecule has 8 heteroatoms. The molecule has 0 radical (unpaired) electrons. The fourth-order valence-electron chi connectivity index (χ4n) is 6.08. The van der Waals surface area contributed by atoms with Crippen LogP contribution >= 0.6 is 0 Å². The molecule has 1 aliphatic carbocycles. The van der Waals surface area contributed by atoms with Crippen molar-refractivity contribution in [2.24, 2.45) is 5.92 Å². The third-order valence-corrected chi connectivity index (χ3v) is 8.15. The normalized spacial score (nSPS) is 16.4. The van der Waals surface area contributed by atoms with Crippen LogP contribution in [-0.2, 0) is 13.1 Å².